The maximum absolute atomic E-state index is 9.93. The summed E-state index contributed by atoms with van der Waals surface area (Å²) >= 11 is 0. The third kappa shape index (κ3) is 2.17. The lowest BCUT2D eigenvalue weighted by atomic mass is 11.7. The summed E-state index contributed by atoms with van der Waals surface area (Å²) in [5.41, 5.74) is 0. The minimum absolute atomic E-state index is 0.347. The highest BCUT2D eigenvalue weighted by Gasteiger charge is 1.84. The van der Waals surface area contributed by atoms with Crippen molar-refractivity contribution in [3.8, 4) is 0 Å². The molecule has 0 amide bonds. The van der Waals surface area contributed by atoms with Crippen molar-refractivity contribution in [2.45, 2.75) is 0 Å². The summed E-state index contributed by atoms with van der Waals surface area (Å²) in [6, 6.07) is 0. The summed E-state index contributed by atoms with van der Waals surface area (Å²) in [5.74, 6) is 0. The Balaban J connectivity index is 3.29. The molecule has 0 spiro atoms. The Morgan fingerprint density at radius 3 is 1.38 bits per heavy atom. The average Bonchev–Trinajstić information content (AvgIpc) is 1.84. The van der Waals surface area contributed by atoms with Gasteiger partial charge in [-0.1, -0.05) is 0 Å². The van der Waals surface area contributed by atoms with Gasteiger partial charge < -0.3 is 10.4 Å². The van der Waals surface area contributed by atoms with Gasteiger partial charge in [-0.05, 0) is 0 Å². The molecule has 0 heterocycles. The molecule has 0 fully saturated rings. The second-order valence-corrected chi connectivity index (χ2v) is 0.841. The summed E-state index contributed by atoms with van der Waals surface area (Å²) in [7, 11) is 2.10. The topological polar surface area (TPSA) is 71.1 Å². The molecule has 0 saturated carbocycles. The van der Waals surface area contributed by atoms with Crippen molar-refractivity contribution in [2.24, 2.45) is 0 Å². The molecule has 0 aliphatic heterocycles. The number of hydrogen-bond acceptors (Lipinski definition) is 6. The molecule has 0 unspecified atom stereocenters. The highest BCUT2D eigenvalue weighted by molar-refractivity contribution is 4.30. The van der Waals surface area contributed by atoms with Crippen LogP contribution in [0.15, 0.2) is 0 Å². The van der Waals surface area contributed by atoms with Crippen LogP contribution >= 0.6 is 0 Å². The quantitative estimate of drug-likeness (QED) is 0.475. The van der Waals surface area contributed by atoms with E-state index in [1.165, 1.54) is 0 Å². The fourth-order valence-corrected chi connectivity index (χ4v) is 0.133. The van der Waals surface area contributed by atoms with Gasteiger partial charge in [-0.3, -0.25) is 9.68 Å². The molecular weight excluding hydrogens is 116 g/mol. The van der Waals surface area contributed by atoms with Crippen LogP contribution in [0.25, 0.3) is 0 Å². The van der Waals surface area contributed by atoms with E-state index in [0.29, 0.717) is 0 Å². The second-order valence-electron chi connectivity index (χ2n) is 0.841. The molecule has 0 N–H and O–H groups in total. The van der Waals surface area contributed by atoms with Crippen molar-refractivity contribution >= 4 is 0 Å². The van der Waals surface area contributed by atoms with E-state index in [-0.39, 0.29) is 10.7 Å². The Kier molecular flexibility index (Phi) is 3.61. The summed E-state index contributed by atoms with van der Waals surface area (Å²) in [6.07, 6.45) is 0. The van der Waals surface area contributed by atoms with Gasteiger partial charge in [-0.15, -0.1) is 0 Å². The minimum atomic E-state index is -0.347. The Bertz CT molecular complexity index is 52.0. The lowest BCUT2D eigenvalue weighted by molar-refractivity contribution is -0.338. The van der Waals surface area contributed by atoms with Gasteiger partial charge in [0.1, 0.15) is 0 Å². The SMILES string of the molecule is CON([O-])N([O-])OC. The second kappa shape index (κ2) is 3.72. The van der Waals surface area contributed by atoms with Crippen LogP contribution < -0.4 is 0 Å². The van der Waals surface area contributed by atoms with E-state index >= 15 is 0 Å². The van der Waals surface area contributed by atoms with Crippen LogP contribution in [0.5, 0.6) is 0 Å². The highest BCUT2D eigenvalue weighted by Crippen LogP contribution is 1.90. The van der Waals surface area contributed by atoms with Gasteiger partial charge in [-0.2, -0.15) is 10.7 Å². The molecule has 50 valence electrons. The molecule has 0 aliphatic rings. The molecule has 0 aromatic heterocycles. The first-order chi connectivity index (χ1) is 3.72. The van der Waals surface area contributed by atoms with Gasteiger partial charge in [0.15, 0.2) is 0 Å². The standard InChI is InChI=1S/C2H6N2O4/c1-7-3(5)4(6)8-2/h1-2H3/q-2. The van der Waals surface area contributed by atoms with Gasteiger partial charge in [-0.25, -0.2) is 0 Å². The van der Waals surface area contributed by atoms with E-state index in [1.54, 1.807) is 0 Å². The lowest BCUT2D eigenvalue weighted by Gasteiger charge is -2.38. The third-order valence-corrected chi connectivity index (χ3v) is 0.446. The predicted octanol–water partition coefficient (Wildman–Crippen LogP) is -0.376. The maximum Gasteiger partial charge on any atom is 0.0580 e. The van der Waals surface area contributed by atoms with E-state index < -0.39 is 0 Å². The lowest BCUT2D eigenvalue weighted by Crippen LogP contribution is -2.31. The number of hydrogen-bond donors (Lipinski definition) is 0. The summed E-state index contributed by atoms with van der Waals surface area (Å²) in [5, 5.41) is 19.2. The van der Waals surface area contributed by atoms with Gasteiger partial charge in [0.2, 0.25) is 0 Å². The monoisotopic (exact) mass is 122 g/mol. The Hall–Kier alpha value is -0.240. The van der Waals surface area contributed by atoms with Crippen LogP contribution in [0, 0.1) is 10.4 Å². The molecule has 8 heavy (non-hydrogen) atoms. The normalized spacial score (nSPS) is 11.2. The molecule has 0 aliphatic carbocycles. The van der Waals surface area contributed by atoms with Gasteiger partial charge >= 0.3 is 0 Å². The third-order valence-electron chi connectivity index (χ3n) is 0.446. The fraction of sp³-hybridized carbons (Fsp3) is 1.00. The molecule has 6 nitrogen and oxygen atoms in total. The molecular formula is C2H6N2O4-2. The van der Waals surface area contributed by atoms with Crippen LogP contribution in [0.4, 0.5) is 0 Å². The first kappa shape index (κ1) is 7.76. The van der Waals surface area contributed by atoms with Gasteiger partial charge in [0.05, 0.1) is 14.2 Å². The van der Waals surface area contributed by atoms with Crippen LogP contribution in [0.1, 0.15) is 0 Å². The molecule has 0 aromatic carbocycles. The van der Waals surface area contributed by atoms with Crippen LogP contribution in [0.2, 0.25) is 0 Å². The summed E-state index contributed by atoms with van der Waals surface area (Å²) in [6.45, 7) is 0. The molecule has 6 heteroatoms. The van der Waals surface area contributed by atoms with Crippen molar-refractivity contribution in [3.63, 3.8) is 0 Å². The largest absolute Gasteiger partial charge is 0.747 e. The predicted molar refractivity (Wildman–Crippen MR) is 24.4 cm³/mol. The fourth-order valence-electron chi connectivity index (χ4n) is 0.133. The molecule has 0 atom stereocenters. The van der Waals surface area contributed by atoms with Crippen LogP contribution in [-0.2, 0) is 9.68 Å². The Morgan fingerprint density at radius 1 is 1.00 bits per heavy atom. The zero-order valence-corrected chi connectivity index (χ0v) is 4.53. The zero-order valence-electron chi connectivity index (χ0n) is 4.53. The molecule has 0 aromatic rings. The molecule has 0 saturated heterocycles. The van der Waals surface area contributed by atoms with Crippen molar-refractivity contribution in [1.29, 1.82) is 0 Å². The van der Waals surface area contributed by atoms with Crippen molar-refractivity contribution < 1.29 is 9.68 Å². The average molecular weight is 122 g/mol. The molecule has 0 radical (unpaired) electrons. The number of rotatable bonds is 3. The van der Waals surface area contributed by atoms with Crippen LogP contribution in [0.3, 0.4) is 0 Å². The first-order valence-corrected chi connectivity index (χ1v) is 1.75. The Labute approximate surface area is 46.2 Å². The van der Waals surface area contributed by atoms with E-state index in [4.69, 9.17) is 0 Å². The number of nitrogens with zero attached hydrogens (tertiary/aromatic N) is 2. The Morgan fingerprint density at radius 2 is 1.25 bits per heavy atom. The van der Waals surface area contributed by atoms with Gasteiger partial charge in [0.25, 0.3) is 0 Å². The van der Waals surface area contributed by atoms with E-state index in [1.807, 2.05) is 0 Å². The smallest absolute Gasteiger partial charge is 0.0580 e. The first-order valence-electron chi connectivity index (χ1n) is 1.75. The van der Waals surface area contributed by atoms with Crippen LogP contribution in [-0.4, -0.2) is 24.9 Å². The number of hydrazine groups is 1. The molecule has 0 bridgehead atoms. The van der Waals surface area contributed by atoms with E-state index in [2.05, 4.69) is 9.68 Å². The minimum Gasteiger partial charge on any atom is -0.747 e. The summed E-state index contributed by atoms with van der Waals surface area (Å²) in [4.78, 5) is 7.74. The van der Waals surface area contributed by atoms with E-state index in [0.717, 1.165) is 14.2 Å². The highest BCUT2D eigenvalue weighted by atomic mass is 17.1. The van der Waals surface area contributed by atoms with Crippen molar-refractivity contribution in [1.82, 2.24) is 10.7 Å². The van der Waals surface area contributed by atoms with Crippen molar-refractivity contribution in [3.05, 3.63) is 10.4 Å². The molecule has 0 rings (SSSR count). The zero-order chi connectivity index (χ0) is 6.57. The summed E-state index contributed by atoms with van der Waals surface area (Å²) < 4.78 is 0. The van der Waals surface area contributed by atoms with Gasteiger partial charge in [0, 0.05) is 0 Å². The van der Waals surface area contributed by atoms with Crippen molar-refractivity contribution in [2.75, 3.05) is 14.2 Å². The van der Waals surface area contributed by atoms with E-state index in [9.17, 15) is 10.4 Å². The maximum atomic E-state index is 9.93.